The molecule has 0 aliphatic heterocycles. The number of aliphatic carboxylic acids is 1. The van der Waals surface area contributed by atoms with E-state index >= 15 is 0 Å². The number of nitrogens with zero attached hydrogens (tertiary/aromatic N) is 1. The maximum atomic E-state index is 13.7. The van der Waals surface area contributed by atoms with Crippen LogP contribution in [0.3, 0.4) is 0 Å². The summed E-state index contributed by atoms with van der Waals surface area (Å²) < 4.78 is 26.3. The van der Waals surface area contributed by atoms with Gasteiger partial charge in [0.15, 0.2) is 0 Å². The molecule has 2 aromatic carbocycles. The summed E-state index contributed by atoms with van der Waals surface area (Å²) in [6, 6.07) is 15.5. The second kappa shape index (κ2) is 14.9. The molecule has 0 aliphatic rings. The number of carboxylic acids is 1. The van der Waals surface area contributed by atoms with Crippen molar-refractivity contribution < 1.29 is 88.0 Å². The van der Waals surface area contributed by atoms with Gasteiger partial charge in [-0.2, -0.15) is 0 Å². The Morgan fingerprint density at radius 3 is 2.22 bits per heavy atom. The second-order valence-electron chi connectivity index (χ2n) is 8.74. The van der Waals surface area contributed by atoms with Crippen LogP contribution in [0, 0.1) is 12.7 Å². The molecule has 0 saturated heterocycles. The monoisotopic (exact) mass is 541 g/mol. The first kappa shape index (κ1) is 33.9. The van der Waals surface area contributed by atoms with Gasteiger partial charge >= 0.3 is 59.1 Å². The summed E-state index contributed by atoms with van der Waals surface area (Å²) >= 11 is 0. The zero-order valence-electron chi connectivity index (χ0n) is 21.8. The molecule has 0 amide bonds. The van der Waals surface area contributed by atoms with Gasteiger partial charge in [-0.25, -0.2) is 4.39 Å². The van der Waals surface area contributed by atoms with Crippen LogP contribution in [0.2, 0.25) is 0 Å². The molecule has 0 fully saturated rings. The first-order valence-electron chi connectivity index (χ1n) is 11.2. The standard InChI is InChI=1S/C27H29FNO5P.2Na/c1-17(2)26-23(13-14-35(33,34)16-22(30)15-24(31)32)25(19-9-11-21(28)12-10-19)18(3)27(29-26)20-7-5-4-6-8-20;;/h4-14,17,22,30H,15-16H2,1-3H3,(H,31,32)(H,33,34);;/q;2*+1/p-2/b14-13+;;/t22-;;/m1../s1. The van der Waals surface area contributed by atoms with E-state index < -0.39 is 37.8 Å². The van der Waals surface area contributed by atoms with Crippen molar-refractivity contribution in [2.75, 3.05) is 6.16 Å². The van der Waals surface area contributed by atoms with Crippen molar-refractivity contribution in [1.82, 2.24) is 4.98 Å². The molecule has 1 aromatic heterocycles. The normalized spacial score (nSPS) is 13.5. The van der Waals surface area contributed by atoms with E-state index in [9.17, 15) is 28.9 Å². The van der Waals surface area contributed by atoms with Crippen LogP contribution in [0.5, 0.6) is 0 Å². The van der Waals surface area contributed by atoms with Gasteiger partial charge < -0.3 is 24.5 Å². The molecule has 0 radical (unpaired) electrons. The Morgan fingerprint density at radius 1 is 1.08 bits per heavy atom. The van der Waals surface area contributed by atoms with Crippen LogP contribution in [0.4, 0.5) is 4.39 Å². The summed E-state index contributed by atoms with van der Waals surface area (Å²) in [6.07, 6.45) is -1.64. The largest absolute Gasteiger partial charge is 1.00 e. The molecule has 1 heterocycles. The Balaban J connectivity index is 0.00000342. The van der Waals surface area contributed by atoms with Crippen LogP contribution < -0.4 is 69.1 Å². The quantitative estimate of drug-likeness (QED) is 0.250. The number of hydrogen-bond acceptors (Lipinski definition) is 6. The minimum Gasteiger partial charge on any atom is -0.796 e. The molecule has 1 N–H and O–H groups in total. The first-order valence-corrected chi connectivity index (χ1v) is 13.1. The van der Waals surface area contributed by atoms with Gasteiger partial charge in [0.25, 0.3) is 0 Å². The van der Waals surface area contributed by atoms with Gasteiger partial charge in [0, 0.05) is 37.0 Å². The zero-order valence-corrected chi connectivity index (χ0v) is 26.7. The van der Waals surface area contributed by atoms with Crippen molar-refractivity contribution in [1.29, 1.82) is 0 Å². The summed E-state index contributed by atoms with van der Waals surface area (Å²) in [7, 11) is -4.28. The van der Waals surface area contributed by atoms with Gasteiger partial charge in [0.1, 0.15) is 5.82 Å². The van der Waals surface area contributed by atoms with Crippen molar-refractivity contribution in [2.45, 2.75) is 39.2 Å². The number of halogens is 1. The van der Waals surface area contributed by atoms with Crippen molar-refractivity contribution in [3.05, 3.63) is 83.1 Å². The third-order valence-corrected chi connectivity index (χ3v) is 7.10. The van der Waals surface area contributed by atoms with E-state index in [0.717, 1.165) is 22.6 Å². The molecule has 37 heavy (non-hydrogen) atoms. The number of carboxylic acid groups (broad SMARTS) is 1. The van der Waals surface area contributed by atoms with Gasteiger partial charge in [-0.05, 0) is 47.5 Å². The second-order valence-corrected chi connectivity index (χ2v) is 10.9. The van der Waals surface area contributed by atoms with Crippen LogP contribution in [0.15, 0.2) is 60.4 Å². The molecule has 3 aromatic rings. The SMILES string of the molecule is Cc1c(-c2ccccc2)nc(C(C)C)c(/C=C/P(=O)([O-])C[C@H](O)CC(=O)[O-])c1-c1ccc(F)cc1.[Na+].[Na+]. The van der Waals surface area contributed by atoms with E-state index in [2.05, 4.69) is 0 Å². The number of rotatable bonds is 9. The Kier molecular flexibility index (Phi) is 13.6. The van der Waals surface area contributed by atoms with Gasteiger partial charge in [-0.15, -0.1) is 0 Å². The Bertz CT molecular complexity index is 1280. The van der Waals surface area contributed by atoms with E-state index in [-0.39, 0.29) is 65.0 Å². The molecule has 10 heteroatoms. The maximum absolute atomic E-state index is 13.7. The number of pyridine rings is 1. The van der Waals surface area contributed by atoms with Crippen LogP contribution in [-0.4, -0.2) is 28.3 Å². The molecule has 0 spiro atoms. The van der Waals surface area contributed by atoms with Gasteiger partial charge in [-0.1, -0.05) is 62.4 Å². The van der Waals surface area contributed by atoms with E-state index in [1.807, 2.05) is 51.1 Å². The van der Waals surface area contributed by atoms with Crippen molar-refractivity contribution in [3.8, 4) is 22.4 Å². The number of carbonyl (C=O) groups is 1. The van der Waals surface area contributed by atoms with Crippen LogP contribution >= 0.6 is 7.37 Å². The number of aromatic nitrogens is 1. The summed E-state index contributed by atoms with van der Waals surface area (Å²) in [5.74, 6) is -1.01. The average molecular weight is 541 g/mol. The minimum absolute atomic E-state index is 0. The molecule has 0 aliphatic carbocycles. The number of benzene rings is 2. The first-order chi connectivity index (χ1) is 16.5. The fourth-order valence-corrected chi connectivity index (χ4v) is 5.20. The Labute approximate surface area is 261 Å². The third kappa shape index (κ3) is 9.24. The number of hydrogen-bond donors (Lipinski definition) is 1. The molecule has 2 atom stereocenters. The minimum atomic E-state index is -4.28. The Hall–Kier alpha value is -1.12. The van der Waals surface area contributed by atoms with Crippen molar-refractivity contribution >= 4 is 19.4 Å². The number of carbonyl (C=O) groups excluding carboxylic acids is 1. The Morgan fingerprint density at radius 2 is 1.68 bits per heavy atom. The summed E-state index contributed by atoms with van der Waals surface area (Å²) in [6.45, 7) is 5.77. The van der Waals surface area contributed by atoms with Crippen LogP contribution in [0.25, 0.3) is 28.5 Å². The zero-order chi connectivity index (χ0) is 25.8. The molecule has 0 saturated carbocycles. The van der Waals surface area contributed by atoms with E-state index in [1.165, 1.54) is 18.2 Å². The predicted molar refractivity (Wildman–Crippen MR) is 131 cm³/mol. The third-order valence-electron chi connectivity index (χ3n) is 5.57. The van der Waals surface area contributed by atoms with E-state index in [1.54, 1.807) is 12.1 Å². The molecule has 1 unspecified atom stereocenters. The van der Waals surface area contributed by atoms with Gasteiger partial charge in [0.2, 0.25) is 0 Å². The molecule has 0 bridgehead atoms. The average Bonchev–Trinajstić information content (AvgIpc) is 2.78. The fraction of sp³-hybridized carbons (Fsp3) is 0.259. The summed E-state index contributed by atoms with van der Waals surface area (Å²) in [4.78, 5) is 28.2. The molecule has 184 valence electrons. The van der Waals surface area contributed by atoms with E-state index in [4.69, 9.17) is 4.98 Å². The molecular formula is C27H27FNNa2O5P. The predicted octanol–water partition coefficient (Wildman–Crippen LogP) is -1.90. The van der Waals surface area contributed by atoms with E-state index in [0.29, 0.717) is 22.4 Å². The molecule has 3 rings (SSSR count). The molecular weight excluding hydrogens is 514 g/mol. The molecule has 6 nitrogen and oxygen atoms in total. The maximum Gasteiger partial charge on any atom is 1.00 e. The smallest absolute Gasteiger partial charge is 0.796 e. The summed E-state index contributed by atoms with van der Waals surface area (Å²) in [5.41, 5.74) is 5.06. The van der Waals surface area contributed by atoms with Gasteiger partial charge in [-0.3, -0.25) is 4.98 Å². The topological polar surface area (TPSA) is 113 Å². The van der Waals surface area contributed by atoms with Crippen LogP contribution in [0.1, 0.15) is 43.0 Å². The number of aliphatic hydroxyl groups is 1. The summed E-state index contributed by atoms with van der Waals surface area (Å²) in [5, 5.41) is 20.5. The van der Waals surface area contributed by atoms with Gasteiger partial charge in [0.05, 0.1) is 17.5 Å². The van der Waals surface area contributed by atoms with Crippen molar-refractivity contribution in [2.24, 2.45) is 0 Å². The fourth-order valence-electron chi connectivity index (χ4n) is 3.99. The van der Waals surface area contributed by atoms with Crippen molar-refractivity contribution in [3.63, 3.8) is 0 Å². The number of aliphatic hydroxyl groups excluding tert-OH is 1. The van der Waals surface area contributed by atoms with Crippen LogP contribution in [-0.2, 0) is 9.36 Å².